The van der Waals surface area contributed by atoms with Gasteiger partial charge in [0.05, 0.1) is 0 Å². The number of fused-ring (bicyclic) bond motifs is 1. The standard InChI is InChI=1S/C14H16N4O2/c1-11(19)16-6-8-17(9-7-16)14(20)12-10-18-5-3-2-4-13(18)15-12/h2-5,10H,6-9H2,1H3. The van der Waals surface area contributed by atoms with Gasteiger partial charge in [-0.15, -0.1) is 0 Å². The SMILES string of the molecule is CC(=O)N1CCN(C(=O)c2cn3ccccc3n2)CC1. The molecule has 0 saturated carbocycles. The van der Waals surface area contributed by atoms with Gasteiger partial charge in [-0.2, -0.15) is 0 Å². The van der Waals surface area contributed by atoms with Crippen molar-refractivity contribution in [1.82, 2.24) is 19.2 Å². The number of carbonyl (C=O) groups excluding carboxylic acids is 2. The fraction of sp³-hybridized carbons (Fsp3) is 0.357. The summed E-state index contributed by atoms with van der Waals surface area (Å²) in [6, 6.07) is 5.65. The van der Waals surface area contributed by atoms with Gasteiger partial charge in [-0.25, -0.2) is 4.98 Å². The summed E-state index contributed by atoms with van der Waals surface area (Å²) in [5, 5.41) is 0. The van der Waals surface area contributed by atoms with Gasteiger partial charge in [-0.3, -0.25) is 9.59 Å². The molecule has 0 aromatic carbocycles. The summed E-state index contributed by atoms with van der Waals surface area (Å²) in [5.74, 6) is -0.0123. The van der Waals surface area contributed by atoms with Crippen LogP contribution in [0.1, 0.15) is 17.4 Å². The van der Waals surface area contributed by atoms with E-state index in [1.807, 2.05) is 28.8 Å². The average molecular weight is 272 g/mol. The van der Waals surface area contributed by atoms with Crippen LogP contribution in [0.5, 0.6) is 0 Å². The topological polar surface area (TPSA) is 57.9 Å². The first-order chi connectivity index (χ1) is 9.65. The minimum Gasteiger partial charge on any atom is -0.339 e. The predicted octanol–water partition coefficient (Wildman–Crippen LogP) is 0.639. The monoisotopic (exact) mass is 272 g/mol. The second kappa shape index (κ2) is 4.96. The summed E-state index contributed by atoms with van der Waals surface area (Å²) in [6.07, 6.45) is 3.61. The largest absolute Gasteiger partial charge is 0.339 e. The summed E-state index contributed by atoms with van der Waals surface area (Å²) in [5.41, 5.74) is 1.21. The average Bonchev–Trinajstić information content (AvgIpc) is 2.90. The molecule has 1 fully saturated rings. The Labute approximate surface area is 116 Å². The third-order valence-corrected chi connectivity index (χ3v) is 3.60. The lowest BCUT2D eigenvalue weighted by Gasteiger charge is -2.33. The summed E-state index contributed by atoms with van der Waals surface area (Å²) in [7, 11) is 0. The van der Waals surface area contributed by atoms with E-state index in [1.165, 1.54) is 0 Å². The zero-order valence-electron chi connectivity index (χ0n) is 11.3. The Bertz CT molecular complexity index is 623. The van der Waals surface area contributed by atoms with Crippen molar-refractivity contribution in [2.75, 3.05) is 26.2 Å². The van der Waals surface area contributed by atoms with Gasteiger partial charge in [0.2, 0.25) is 5.91 Å². The second-order valence-corrected chi connectivity index (χ2v) is 4.89. The van der Waals surface area contributed by atoms with Gasteiger partial charge in [0.15, 0.2) is 0 Å². The van der Waals surface area contributed by atoms with E-state index >= 15 is 0 Å². The van der Waals surface area contributed by atoms with E-state index in [2.05, 4.69) is 4.98 Å². The van der Waals surface area contributed by atoms with Crippen LogP contribution in [0.15, 0.2) is 30.6 Å². The Morgan fingerprint density at radius 2 is 1.80 bits per heavy atom. The molecule has 3 rings (SSSR count). The molecule has 104 valence electrons. The minimum absolute atomic E-state index is 0.0600. The van der Waals surface area contributed by atoms with Gasteiger partial charge in [-0.1, -0.05) is 6.07 Å². The highest BCUT2D eigenvalue weighted by Crippen LogP contribution is 2.10. The maximum Gasteiger partial charge on any atom is 0.274 e. The van der Waals surface area contributed by atoms with Gasteiger partial charge in [0, 0.05) is 45.5 Å². The van der Waals surface area contributed by atoms with Crippen molar-refractivity contribution in [2.24, 2.45) is 0 Å². The molecule has 2 aromatic heterocycles. The molecule has 1 aliphatic heterocycles. The van der Waals surface area contributed by atoms with E-state index in [4.69, 9.17) is 0 Å². The van der Waals surface area contributed by atoms with E-state index in [0.29, 0.717) is 31.9 Å². The van der Waals surface area contributed by atoms with Crippen LogP contribution in [-0.4, -0.2) is 57.2 Å². The van der Waals surface area contributed by atoms with E-state index in [-0.39, 0.29) is 11.8 Å². The molecule has 6 nitrogen and oxygen atoms in total. The molecule has 1 aliphatic rings. The number of rotatable bonds is 1. The lowest BCUT2D eigenvalue weighted by Crippen LogP contribution is -2.50. The smallest absolute Gasteiger partial charge is 0.274 e. The van der Waals surface area contributed by atoms with Gasteiger partial charge in [0.1, 0.15) is 11.3 Å². The summed E-state index contributed by atoms with van der Waals surface area (Å²) < 4.78 is 1.83. The van der Waals surface area contributed by atoms with Crippen molar-refractivity contribution in [1.29, 1.82) is 0 Å². The molecular weight excluding hydrogens is 256 g/mol. The molecule has 0 unspecified atom stereocenters. The third-order valence-electron chi connectivity index (χ3n) is 3.60. The van der Waals surface area contributed by atoms with Gasteiger partial charge in [-0.05, 0) is 12.1 Å². The van der Waals surface area contributed by atoms with Crippen LogP contribution < -0.4 is 0 Å². The molecule has 2 amide bonds. The molecule has 0 atom stereocenters. The highest BCUT2D eigenvalue weighted by Gasteiger charge is 2.24. The molecule has 1 saturated heterocycles. The van der Waals surface area contributed by atoms with Crippen LogP contribution in [0.3, 0.4) is 0 Å². The van der Waals surface area contributed by atoms with Crippen molar-refractivity contribution >= 4 is 17.5 Å². The maximum absolute atomic E-state index is 12.4. The Morgan fingerprint density at radius 1 is 1.10 bits per heavy atom. The number of imidazole rings is 1. The molecule has 0 bridgehead atoms. The highest BCUT2D eigenvalue weighted by molar-refractivity contribution is 5.93. The number of piperazine rings is 1. The normalized spacial score (nSPS) is 15.7. The number of amides is 2. The molecule has 6 heteroatoms. The summed E-state index contributed by atoms with van der Waals surface area (Å²) in [6.45, 7) is 3.86. The fourth-order valence-corrected chi connectivity index (χ4v) is 2.42. The van der Waals surface area contributed by atoms with E-state index in [0.717, 1.165) is 5.65 Å². The summed E-state index contributed by atoms with van der Waals surface area (Å²) >= 11 is 0. The first kappa shape index (κ1) is 12.7. The lowest BCUT2D eigenvalue weighted by atomic mass is 10.3. The van der Waals surface area contributed by atoms with Crippen molar-refractivity contribution in [2.45, 2.75) is 6.92 Å². The Hall–Kier alpha value is -2.37. The number of carbonyl (C=O) groups is 2. The molecule has 3 heterocycles. The lowest BCUT2D eigenvalue weighted by molar-refractivity contribution is -0.130. The van der Waals surface area contributed by atoms with Gasteiger partial charge >= 0.3 is 0 Å². The van der Waals surface area contributed by atoms with Crippen molar-refractivity contribution in [3.05, 3.63) is 36.3 Å². The zero-order valence-corrected chi connectivity index (χ0v) is 11.3. The number of hydrogen-bond acceptors (Lipinski definition) is 3. The summed E-state index contributed by atoms with van der Waals surface area (Å²) in [4.78, 5) is 31.5. The molecule has 0 aliphatic carbocycles. The minimum atomic E-state index is -0.0723. The molecule has 0 N–H and O–H groups in total. The Kier molecular flexibility index (Phi) is 3.14. The van der Waals surface area contributed by atoms with Crippen LogP contribution in [0.2, 0.25) is 0 Å². The van der Waals surface area contributed by atoms with Crippen LogP contribution >= 0.6 is 0 Å². The molecular formula is C14H16N4O2. The quantitative estimate of drug-likeness (QED) is 0.765. The maximum atomic E-state index is 12.4. The molecule has 0 radical (unpaired) electrons. The Morgan fingerprint density at radius 3 is 2.45 bits per heavy atom. The van der Waals surface area contributed by atoms with Crippen LogP contribution in [0.25, 0.3) is 5.65 Å². The number of aromatic nitrogens is 2. The Balaban J connectivity index is 1.75. The number of pyridine rings is 1. The van der Waals surface area contributed by atoms with E-state index < -0.39 is 0 Å². The molecule has 0 spiro atoms. The zero-order chi connectivity index (χ0) is 14.1. The van der Waals surface area contributed by atoms with Gasteiger partial charge < -0.3 is 14.2 Å². The highest BCUT2D eigenvalue weighted by atomic mass is 16.2. The number of hydrogen-bond donors (Lipinski definition) is 0. The second-order valence-electron chi connectivity index (χ2n) is 4.89. The van der Waals surface area contributed by atoms with Crippen molar-refractivity contribution < 1.29 is 9.59 Å². The predicted molar refractivity (Wildman–Crippen MR) is 73.3 cm³/mol. The van der Waals surface area contributed by atoms with Crippen molar-refractivity contribution in [3.63, 3.8) is 0 Å². The van der Waals surface area contributed by atoms with Crippen LogP contribution in [0.4, 0.5) is 0 Å². The first-order valence-corrected chi connectivity index (χ1v) is 6.63. The number of nitrogens with zero attached hydrogens (tertiary/aromatic N) is 4. The first-order valence-electron chi connectivity index (χ1n) is 6.63. The molecule has 20 heavy (non-hydrogen) atoms. The van der Waals surface area contributed by atoms with Crippen molar-refractivity contribution in [3.8, 4) is 0 Å². The van der Waals surface area contributed by atoms with Crippen LogP contribution in [0, 0.1) is 0 Å². The fourth-order valence-electron chi connectivity index (χ4n) is 2.42. The van der Waals surface area contributed by atoms with E-state index in [9.17, 15) is 9.59 Å². The van der Waals surface area contributed by atoms with E-state index in [1.54, 1.807) is 22.9 Å². The third kappa shape index (κ3) is 2.24. The molecule has 2 aromatic rings. The van der Waals surface area contributed by atoms with Crippen LogP contribution in [-0.2, 0) is 4.79 Å². The van der Waals surface area contributed by atoms with Gasteiger partial charge in [0.25, 0.3) is 5.91 Å².